The van der Waals surface area contributed by atoms with Crippen LogP contribution in [0.3, 0.4) is 0 Å². The second kappa shape index (κ2) is 4.13. The van der Waals surface area contributed by atoms with Crippen LogP contribution in [-0.2, 0) is 11.2 Å². The molecule has 1 fully saturated rings. The molecule has 1 atom stereocenters. The minimum Gasteiger partial charge on any atom is -0.359 e. The molecule has 1 aliphatic rings. The minimum absolute atomic E-state index is 0.0655. The lowest BCUT2D eigenvalue weighted by atomic mass is 10.0. The number of benzene rings is 1. The van der Waals surface area contributed by atoms with Gasteiger partial charge in [0.05, 0.1) is 6.61 Å². The number of hydrogen-bond acceptors (Lipinski definition) is 2. The third-order valence-electron chi connectivity index (χ3n) is 2.84. The van der Waals surface area contributed by atoms with E-state index < -0.39 is 0 Å². The van der Waals surface area contributed by atoms with Crippen molar-refractivity contribution in [1.29, 1.82) is 0 Å². The smallest absolute Gasteiger partial charge is 0.121 e. The van der Waals surface area contributed by atoms with Gasteiger partial charge in [-0.15, -0.1) is 0 Å². The predicted molar refractivity (Wildman–Crippen MR) is 69.4 cm³/mol. The Morgan fingerprint density at radius 2 is 2.00 bits per heavy atom. The van der Waals surface area contributed by atoms with Crippen LogP contribution in [0.2, 0.25) is 0 Å². The van der Waals surface area contributed by atoms with Gasteiger partial charge in [-0.1, -0.05) is 34.1 Å². The Hall–Kier alpha value is -0.380. The van der Waals surface area contributed by atoms with Crippen molar-refractivity contribution < 1.29 is 4.74 Å². The molecule has 3 heteroatoms. The van der Waals surface area contributed by atoms with Crippen LogP contribution in [-0.4, -0.2) is 17.9 Å². The Kier molecular flexibility index (Phi) is 3.12. The molecule has 1 aliphatic heterocycles. The van der Waals surface area contributed by atoms with Crippen LogP contribution in [0.1, 0.15) is 26.3 Å². The Labute approximate surface area is 106 Å². The molecule has 1 saturated heterocycles. The molecule has 1 aromatic carbocycles. The molecular weight excluding hydrogens is 266 g/mol. The fourth-order valence-corrected chi connectivity index (χ4v) is 2.65. The number of halogens is 1. The standard InChI is InChI=1S/C13H18BrNO/c1-12(2)9-16-13(3,15-12)8-10-6-4-5-7-11(10)14/h4-7,15H,8-9H2,1-3H3. The Balaban J connectivity index is 2.14. The van der Waals surface area contributed by atoms with Gasteiger partial charge in [0.2, 0.25) is 0 Å². The zero-order valence-corrected chi connectivity index (χ0v) is 11.6. The lowest BCUT2D eigenvalue weighted by Gasteiger charge is -2.27. The molecule has 1 unspecified atom stereocenters. The molecule has 88 valence electrons. The van der Waals surface area contributed by atoms with Gasteiger partial charge in [0.15, 0.2) is 0 Å². The molecule has 0 spiro atoms. The normalized spacial score (nSPS) is 28.2. The maximum atomic E-state index is 5.88. The van der Waals surface area contributed by atoms with Crippen molar-refractivity contribution in [2.45, 2.75) is 38.5 Å². The molecule has 0 amide bonds. The highest BCUT2D eigenvalue weighted by Gasteiger charge is 2.40. The van der Waals surface area contributed by atoms with E-state index in [-0.39, 0.29) is 11.3 Å². The van der Waals surface area contributed by atoms with Crippen molar-refractivity contribution >= 4 is 15.9 Å². The average molecular weight is 284 g/mol. The number of rotatable bonds is 2. The molecule has 0 bridgehead atoms. The van der Waals surface area contributed by atoms with Crippen LogP contribution in [0.25, 0.3) is 0 Å². The van der Waals surface area contributed by atoms with Crippen LogP contribution >= 0.6 is 15.9 Å². The molecule has 1 aromatic rings. The van der Waals surface area contributed by atoms with Gasteiger partial charge in [0, 0.05) is 16.4 Å². The van der Waals surface area contributed by atoms with Crippen LogP contribution in [0.5, 0.6) is 0 Å². The van der Waals surface area contributed by atoms with E-state index in [9.17, 15) is 0 Å². The van der Waals surface area contributed by atoms with Crippen molar-refractivity contribution in [1.82, 2.24) is 5.32 Å². The maximum Gasteiger partial charge on any atom is 0.121 e. The average Bonchev–Trinajstić information content (AvgIpc) is 2.45. The summed E-state index contributed by atoms with van der Waals surface area (Å²) in [5, 5.41) is 3.54. The summed E-state index contributed by atoms with van der Waals surface area (Å²) < 4.78 is 7.03. The fraction of sp³-hybridized carbons (Fsp3) is 0.538. The van der Waals surface area contributed by atoms with Crippen molar-refractivity contribution in [3.8, 4) is 0 Å². The van der Waals surface area contributed by atoms with E-state index in [4.69, 9.17) is 4.74 Å². The molecule has 2 rings (SSSR count). The first kappa shape index (κ1) is 12.1. The summed E-state index contributed by atoms with van der Waals surface area (Å²) >= 11 is 3.57. The van der Waals surface area contributed by atoms with E-state index in [0.29, 0.717) is 0 Å². The Morgan fingerprint density at radius 3 is 2.56 bits per heavy atom. The van der Waals surface area contributed by atoms with E-state index in [1.807, 2.05) is 6.07 Å². The zero-order chi connectivity index (χ0) is 11.8. The number of nitrogens with one attached hydrogen (secondary N) is 1. The molecule has 0 saturated carbocycles. The monoisotopic (exact) mass is 283 g/mol. The van der Waals surface area contributed by atoms with Gasteiger partial charge < -0.3 is 4.74 Å². The van der Waals surface area contributed by atoms with E-state index in [1.165, 1.54) is 5.56 Å². The van der Waals surface area contributed by atoms with E-state index in [2.05, 4.69) is 60.2 Å². The second-order valence-corrected chi connectivity index (χ2v) is 6.15. The summed E-state index contributed by atoms with van der Waals surface area (Å²) in [5.74, 6) is 0. The van der Waals surface area contributed by atoms with Crippen molar-refractivity contribution in [3.63, 3.8) is 0 Å². The van der Waals surface area contributed by atoms with Crippen LogP contribution in [0.15, 0.2) is 28.7 Å². The SMILES string of the molecule is CC1(C)COC(C)(Cc2ccccc2Br)N1. The summed E-state index contributed by atoms with van der Waals surface area (Å²) in [7, 11) is 0. The summed E-state index contributed by atoms with van der Waals surface area (Å²) in [6.45, 7) is 7.20. The zero-order valence-electron chi connectivity index (χ0n) is 10.0. The molecule has 0 aromatic heterocycles. The topological polar surface area (TPSA) is 21.3 Å². The minimum atomic E-state index is -0.257. The van der Waals surface area contributed by atoms with Crippen molar-refractivity contribution in [3.05, 3.63) is 34.3 Å². The predicted octanol–water partition coefficient (Wildman–Crippen LogP) is 3.11. The third-order valence-corrected chi connectivity index (χ3v) is 3.61. The molecule has 0 aliphatic carbocycles. The highest BCUT2D eigenvalue weighted by molar-refractivity contribution is 9.10. The van der Waals surface area contributed by atoms with E-state index >= 15 is 0 Å². The van der Waals surface area contributed by atoms with Gasteiger partial charge in [0.1, 0.15) is 5.72 Å². The summed E-state index contributed by atoms with van der Waals surface area (Å²) in [4.78, 5) is 0. The number of hydrogen-bond donors (Lipinski definition) is 1. The summed E-state index contributed by atoms with van der Waals surface area (Å²) in [6, 6.07) is 8.29. The van der Waals surface area contributed by atoms with Gasteiger partial charge in [-0.3, -0.25) is 5.32 Å². The second-order valence-electron chi connectivity index (χ2n) is 5.30. The molecule has 0 radical (unpaired) electrons. The number of ether oxygens (including phenoxy) is 1. The molecular formula is C13H18BrNO. The first-order valence-corrected chi connectivity index (χ1v) is 6.36. The lowest BCUT2D eigenvalue weighted by molar-refractivity contribution is 0.00657. The van der Waals surface area contributed by atoms with Crippen molar-refractivity contribution in [2.24, 2.45) is 0 Å². The van der Waals surface area contributed by atoms with Gasteiger partial charge in [-0.2, -0.15) is 0 Å². The van der Waals surface area contributed by atoms with E-state index in [0.717, 1.165) is 17.5 Å². The van der Waals surface area contributed by atoms with Crippen LogP contribution < -0.4 is 5.32 Å². The fourth-order valence-electron chi connectivity index (χ4n) is 2.23. The van der Waals surface area contributed by atoms with Gasteiger partial charge in [-0.25, -0.2) is 0 Å². The van der Waals surface area contributed by atoms with Gasteiger partial charge in [-0.05, 0) is 32.4 Å². The maximum absolute atomic E-state index is 5.88. The largest absolute Gasteiger partial charge is 0.359 e. The van der Waals surface area contributed by atoms with Crippen molar-refractivity contribution in [2.75, 3.05) is 6.61 Å². The molecule has 2 nitrogen and oxygen atoms in total. The third kappa shape index (κ3) is 2.65. The molecule has 1 N–H and O–H groups in total. The van der Waals surface area contributed by atoms with Crippen LogP contribution in [0.4, 0.5) is 0 Å². The van der Waals surface area contributed by atoms with Crippen LogP contribution in [0, 0.1) is 0 Å². The quantitative estimate of drug-likeness (QED) is 0.901. The first-order valence-electron chi connectivity index (χ1n) is 5.57. The molecule has 1 heterocycles. The molecule has 16 heavy (non-hydrogen) atoms. The van der Waals surface area contributed by atoms with Gasteiger partial charge in [0.25, 0.3) is 0 Å². The first-order chi connectivity index (χ1) is 7.40. The Bertz CT molecular complexity index is 391. The summed E-state index contributed by atoms with van der Waals surface area (Å²) in [5.41, 5.74) is 1.08. The van der Waals surface area contributed by atoms with Gasteiger partial charge >= 0.3 is 0 Å². The highest BCUT2D eigenvalue weighted by Crippen LogP contribution is 2.28. The Morgan fingerprint density at radius 1 is 1.31 bits per heavy atom. The van der Waals surface area contributed by atoms with E-state index in [1.54, 1.807) is 0 Å². The summed E-state index contributed by atoms with van der Waals surface area (Å²) in [6.07, 6.45) is 0.873. The lowest BCUT2D eigenvalue weighted by Crippen LogP contribution is -2.47. The highest BCUT2D eigenvalue weighted by atomic mass is 79.9.